The van der Waals surface area contributed by atoms with Gasteiger partial charge in [0.1, 0.15) is 12.6 Å². The zero-order chi connectivity index (χ0) is 29.7. The Hall–Kier alpha value is -3.65. The van der Waals surface area contributed by atoms with Gasteiger partial charge in [-0.25, -0.2) is 8.42 Å². The monoisotopic (exact) mass is 563 g/mol. The molecule has 214 valence electrons. The number of amides is 2. The van der Waals surface area contributed by atoms with Crippen molar-refractivity contribution in [2.75, 3.05) is 10.8 Å². The zero-order valence-electron chi connectivity index (χ0n) is 24.6. The fourth-order valence-corrected chi connectivity index (χ4v) is 6.07. The number of nitrogens with zero attached hydrogens (tertiary/aromatic N) is 2. The number of aryl methyl sites for hydroxylation is 3. The summed E-state index contributed by atoms with van der Waals surface area (Å²) in [6.07, 6.45) is 0.370. The quantitative estimate of drug-likeness (QED) is 0.352. The Kier molecular flexibility index (Phi) is 9.79. The molecule has 1 N–H and O–H groups in total. The van der Waals surface area contributed by atoms with E-state index in [1.165, 1.54) is 9.21 Å². The van der Waals surface area contributed by atoms with Crippen LogP contribution in [-0.4, -0.2) is 43.3 Å². The first-order valence-electron chi connectivity index (χ1n) is 13.5. The molecule has 0 heterocycles. The fraction of sp³-hybridized carbons (Fsp3) is 0.375. The van der Waals surface area contributed by atoms with Gasteiger partial charge in [0.15, 0.2) is 0 Å². The summed E-state index contributed by atoms with van der Waals surface area (Å²) in [7, 11) is -4.10. The van der Waals surface area contributed by atoms with Crippen molar-refractivity contribution in [3.05, 3.63) is 95.1 Å². The average molecular weight is 564 g/mol. The van der Waals surface area contributed by atoms with Crippen LogP contribution in [0, 0.1) is 20.8 Å². The molecule has 0 aliphatic rings. The Morgan fingerprint density at radius 2 is 1.48 bits per heavy atom. The molecule has 0 aliphatic carbocycles. The van der Waals surface area contributed by atoms with E-state index >= 15 is 0 Å². The first-order valence-corrected chi connectivity index (χ1v) is 15.0. The lowest BCUT2D eigenvalue weighted by Crippen LogP contribution is -2.55. The third kappa shape index (κ3) is 7.72. The van der Waals surface area contributed by atoms with E-state index in [1.54, 1.807) is 30.3 Å². The van der Waals surface area contributed by atoms with E-state index in [0.717, 1.165) is 22.3 Å². The summed E-state index contributed by atoms with van der Waals surface area (Å²) < 4.78 is 29.2. The third-order valence-electron chi connectivity index (χ3n) is 6.59. The summed E-state index contributed by atoms with van der Waals surface area (Å²) in [5, 5.41) is 2.99. The highest BCUT2D eigenvalue weighted by atomic mass is 32.2. The van der Waals surface area contributed by atoms with E-state index in [0.29, 0.717) is 12.1 Å². The Labute approximate surface area is 239 Å². The summed E-state index contributed by atoms with van der Waals surface area (Å²) >= 11 is 0. The molecule has 0 spiro atoms. The first-order chi connectivity index (χ1) is 18.7. The van der Waals surface area contributed by atoms with Crippen molar-refractivity contribution < 1.29 is 18.0 Å². The highest BCUT2D eigenvalue weighted by Crippen LogP contribution is 2.28. The van der Waals surface area contributed by atoms with Crippen LogP contribution in [0.1, 0.15) is 56.4 Å². The van der Waals surface area contributed by atoms with Crippen LogP contribution in [0.25, 0.3) is 0 Å². The van der Waals surface area contributed by atoms with E-state index in [2.05, 4.69) is 5.32 Å². The molecule has 0 bridgehead atoms. The highest BCUT2D eigenvalue weighted by molar-refractivity contribution is 7.92. The minimum absolute atomic E-state index is 0.0954. The predicted octanol–water partition coefficient (Wildman–Crippen LogP) is 5.53. The molecule has 1 unspecified atom stereocenters. The average Bonchev–Trinajstić information content (AvgIpc) is 2.87. The lowest BCUT2D eigenvalue weighted by molar-refractivity contribution is -0.141. The summed E-state index contributed by atoms with van der Waals surface area (Å²) in [5.41, 5.74) is 3.42. The first kappa shape index (κ1) is 30.9. The van der Waals surface area contributed by atoms with Crippen LogP contribution in [0.2, 0.25) is 0 Å². The second kappa shape index (κ2) is 12.7. The minimum atomic E-state index is -4.10. The van der Waals surface area contributed by atoms with Crippen LogP contribution in [0.15, 0.2) is 77.7 Å². The molecule has 3 aromatic rings. The van der Waals surface area contributed by atoms with Gasteiger partial charge in [0, 0.05) is 12.1 Å². The lowest BCUT2D eigenvalue weighted by atomic mass is 10.1. The molecule has 0 aliphatic heterocycles. The molecule has 40 heavy (non-hydrogen) atoms. The predicted molar refractivity (Wildman–Crippen MR) is 161 cm³/mol. The number of anilines is 1. The number of rotatable bonds is 10. The second-order valence-electron chi connectivity index (χ2n) is 11.3. The molecule has 3 rings (SSSR count). The molecule has 0 aromatic heterocycles. The van der Waals surface area contributed by atoms with Crippen LogP contribution in [0.4, 0.5) is 5.69 Å². The number of carbonyl (C=O) groups excluding carboxylic acids is 2. The van der Waals surface area contributed by atoms with Gasteiger partial charge in [-0.1, -0.05) is 72.6 Å². The minimum Gasteiger partial charge on any atom is -0.350 e. The Bertz CT molecular complexity index is 1430. The molecule has 2 amide bonds. The summed E-state index contributed by atoms with van der Waals surface area (Å²) in [4.78, 5) is 29.1. The van der Waals surface area contributed by atoms with Crippen molar-refractivity contribution in [3.8, 4) is 0 Å². The molecule has 0 saturated heterocycles. The van der Waals surface area contributed by atoms with Crippen molar-refractivity contribution in [2.45, 2.75) is 77.9 Å². The van der Waals surface area contributed by atoms with Gasteiger partial charge in [0.25, 0.3) is 10.0 Å². The third-order valence-corrected chi connectivity index (χ3v) is 8.36. The van der Waals surface area contributed by atoms with Crippen LogP contribution in [0.5, 0.6) is 0 Å². The number of hydrogen-bond acceptors (Lipinski definition) is 4. The molecular formula is C32H41N3O4S. The Morgan fingerprint density at radius 3 is 2.02 bits per heavy atom. The standard InChI is InChI=1S/C32H41N3O4S/c1-8-28(31(37)33-32(5,6)7)34(21-26-12-10-9-11-13-26)30(36)22-35(29-19-16-24(3)20-25(29)4)40(38,39)27-17-14-23(2)15-18-27/h9-20,28H,8,21-22H2,1-7H3,(H,33,37). The van der Waals surface area contributed by atoms with Crippen LogP contribution < -0.4 is 9.62 Å². The maximum Gasteiger partial charge on any atom is 0.264 e. The topological polar surface area (TPSA) is 86.8 Å². The molecule has 7 nitrogen and oxygen atoms in total. The van der Waals surface area contributed by atoms with Gasteiger partial charge in [-0.15, -0.1) is 0 Å². The second-order valence-corrected chi connectivity index (χ2v) is 13.1. The van der Waals surface area contributed by atoms with Crippen molar-refractivity contribution in [1.82, 2.24) is 10.2 Å². The van der Waals surface area contributed by atoms with Gasteiger partial charge < -0.3 is 10.2 Å². The van der Waals surface area contributed by atoms with Crippen molar-refractivity contribution >= 4 is 27.5 Å². The summed E-state index contributed by atoms with van der Waals surface area (Å²) in [6.45, 7) is 12.9. The number of sulfonamides is 1. The Morgan fingerprint density at radius 1 is 0.875 bits per heavy atom. The molecule has 8 heteroatoms. The molecule has 0 saturated carbocycles. The van der Waals surface area contributed by atoms with E-state index in [9.17, 15) is 18.0 Å². The van der Waals surface area contributed by atoms with Gasteiger partial charge in [0.2, 0.25) is 11.8 Å². The van der Waals surface area contributed by atoms with Gasteiger partial charge in [-0.3, -0.25) is 13.9 Å². The maximum absolute atomic E-state index is 14.2. The largest absolute Gasteiger partial charge is 0.350 e. The fourth-order valence-electron chi connectivity index (χ4n) is 4.59. The van der Waals surface area contributed by atoms with Crippen LogP contribution in [0.3, 0.4) is 0 Å². The van der Waals surface area contributed by atoms with Gasteiger partial charge in [-0.05, 0) is 77.3 Å². The Balaban J connectivity index is 2.09. The summed E-state index contributed by atoms with van der Waals surface area (Å²) in [5.74, 6) is -0.742. The van der Waals surface area contributed by atoms with Crippen molar-refractivity contribution in [2.24, 2.45) is 0 Å². The number of hydrogen-bond donors (Lipinski definition) is 1. The van der Waals surface area contributed by atoms with E-state index in [-0.39, 0.29) is 17.3 Å². The SMILES string of the molecule is CCC(C(=O)NC(C)(C)C)N(Cc1ccccc1)C(=O)CN(c1ccc(C)cc1C)S(=O)(=O)c1ccc(C)cc1. The van der Waals surface area contributed by atoms with Gasteiger partial charge in [-0.2, -0.15) is 0 Å². The number of nitrogens with one attached hydrogen (secondary N) is 1. The van der Waals surface area contributed by atoms with E-state index in [4.69, 9.17) is 0 Å². The smallest absolute Gasteiger partial charge is 0.264 e. The summed E-state index contributed by atoms with van der Waals surface area (Å²) in [6, 6.07) is 20.7. The number of carbonyl (C=O) groups is 2. The molecule has 3 aromatic carbocycles. The van der Waals surface area contributed by atoms with Gasteiger partial charge >= 0.3 is 0 Å². The molecule has 1 atom stereocenters. The zero-order valence-corrected chi connectivity index (χ0v) is 25.4. The maximum atomic E-state index is 14.2. The van der Waals surface area contributed by atoms with Crippen LogP contribution >= 0.6 is 0 Å². The number of benzene rings is 3. The van der Waals surface area contributed by atoms with Crippen LogP contribution in [-0.2, 0) is 26.2 Å². The van der Waals surface area contributed by atoms with Gasteiger partial charge in [0.05, 0.1) is 10.6 Å². The van der Waals surface area contributed by atoms with E-state index in [1.807, 2.05) is 90.9 Å². The normalized spacial score (nSPS) is 12.5. The van der Waals surface area contributed by atoms with E-state index < -0.39 is 34.1 Å². The van der Waals surface area contributed by atoms with Crippen molar-refractivity contribution in [1.29, 1.82) is 0 Å². The highest BCUT2D eigenvalue weighted by Gasteiger charge is 2.35. The molecule has 0 fully saturated rings. The molecular weight excluding hydrogens is 522 g/mol. The lowest BCUT2D eigenvalue weighted by Gasteiger charge is -2.35. The van der Waals surface area contributed by atoms with Crippen molar-refractivity contribution in [3.63, 3.8) is 0 Å². The molecule has 0 radical (unpaired) electrons.